The van der Waals surface area contributed by atoms with Crippen molar-refractivity contribution in [3.05, 3.63) is 0 Å². The highest BCUT2D eigenvalue weighted by atomic mass is 32.2. The van der Waals surface area contributed by atoms with Gasteiger partial charge in [0.25, 0.3) is 0 Å². The van der Waals surface area contributed by atoms with Crippen molar-refractivity contribution < 1.29 is 18.3 Å². The molecule has 0 aliphatic carbocycles. The average Bonchev–Trinajstić information content (AvgIpc) is 2.30. The molecule has 0 rings (SSSR count). The van der Waals surface area contributed by atoms with Crippen molar-refractivity contribution >= 4 is 17.0 Å². The van der Waals surface area contributed by atoms with Crippen LogP contribution in [0.15, 0.2) is 0 Å². The second-order valence-electron chi connectivity index (χ2n) is 4.58. The Morgan fingerprint density at radius 2 is 1.61 bits per heavy atom. The van der Waals surface area contributed by atoms with Crippen LogP contribution in [0, 0.1) is 0 Å². The fourth-order valence-corrected chi connectivity index (χ4v) is 2.42. The first-order valence-electron chi connectivity index (χ1n) is 6.84. The van der Waals surface area contributed by atoms with E-state index in [1.807, 2.05) is 0 Å². The topological polar surface area (TPSA) is 63.6 Å². The fourth-order valence-electron chi connectivity index (χ4n) is 1.83. The number of ether oxygens (including phenoxy) is 1. The lowest BCUT2D eigenvalue weighted by atomic mass is 10.1. The molecule has 0 spiro atoms. The summed E-state index contributed by atoms with van der Waals surface area (Å²) < 4.78 is 24.6. The summed E-state index contributed by atoms with van der Waals surface area (Å²) in [5, 5.41) is 0. The Morgan fingerprint density at radius 1 is 1.11 bits per heavy atom. The molecular weight excluding hydrogens is 252 g/mol. The Morgan fingerprint density at radius 3 is 2.06 bits per heavy atom. The lowest BCUT2D eigenvalue weighted by Gasteiger charge is -2.12. The zero-order valence-electron chi connectivity index (χ0n) is 11.5. The standard InChI is InChI=1S/C13H26O4S/c1-3-4-5-6-7-8-9-10-11-13(18(15)16)17-12(2)14/h13H,3-11H2,1-2H3,(H,15,16). The third-order valence-corrected chi connectivity index (χ3v) is 3.60. The summed E-state index contributed by atoms with van der Waals surface area (Å²) in [6.07, 6.45) is 9.83. The van der Waals surface area contributed by atoms with Crippen LogP contribution in [0.5, 0.6) is 0 Å². The summed E-state index contributed by atoms with van der Waals surface area (Å²) in [6, 6.07) is 0. The number of carbonyl (C=O) groups is 1. The molecule has 0 radical (unpaired) electrons. The summed E-state index contributed by atoms with van der Waals surface area (Å²) in [6.45, 7) is 3.46. The van der Waals surface area contributed by atoms with Gasteiger partial charge in [0, 0.05) is 6.92 Å². The molecule has 4 nitrogen and oxygen atoms in total. The van der Waals surface area contributed by atoms with Gasteiger partial charge in [-0.25, -0.2) is 4.21 Å². The van der Waals surface area contributed by atoms with E-state index in [2.05, 4.69) is 6.92 Å². The highest BCUT2D eigenvalue weighted by Crippen LogP contribution is 2.13. The van der Waals surface area contributed by atoms with Gasteiger partial charge < -0.3 is 9.29 Å². The van der Waals surface area contributed by atoms with Crippen LogP contribution in [0.25, 0.3) is 0 Å². The van der Waals surface area contributed by atoms with Crippen molar-refractivity contribution in [3.8, 4) is 0 Å². The van der Waals surface area contributed by atoms with Crippen molar-refractivity contribution in [1.82, 2.24) is 0 Å². The van der Waals surface area contributed by atoms with Gasteiger partial charge in [0.15, 0.2) is 11.1 Å². The third kappa shape index (κ3) is 10.7. The number of hydrogen-bond donors (Lipinski definition) is 1. The molecule has 0 aromatic heterocycles. The first-order chi connectivity index (χ1) is 8.57. The van der Waals surface area contributed by atoms with Gasteiger partial charge in [0.05, 0.1) is 0 Å². The Kier molecular flexibility index (Phi) is 11.4. The number of esters is 1. The molecule has 0 saturated heterocycles. The Balaban J connectivity index is 3.49. The normalized spacial score (nSPS) is 14.2. The van der Waals surface area contributed by atoms with Gasteiger partial charge in [-0.2, -0.15) is 0 Å². The molecule has 0 aromatic carbocycles. The van der Waals surface area contributed by atoms with Gasteiger partial charge in [0.1, 0.15) is 0 Å². The van der Waals surface area contributed by atoms with Crippen LogP contribution in [0.2, 0.25) is 0 Å². The highest BCUT2D eigenvalue weighted by molar-refractivity contribution is 7.79. The molecule has 2 unspecified atom stereocenters. The minimum atomic E-state index is -2.08. The molecule has 0 bridgehead atoms. The van der Waals surface area contributed by atoms with Crippen molar-refractivity contribution in [1.29, 1.82) is 0 Å². The predicted molar refractivity (Wildman–Crippen MR) is 73.6 cm³/mol. The molecule has 1 N–H and O–H groups in total. The number of rotatable bonds is 11. The highest BCUT2D eigenvalue weighted by Gasteiger charge is 2.17. The van der Waals surface area contributed by atoms with E-state index in [9.17, 15) is 9.00 Å². The van der Waals surface area contributed by atoms with Crippen molar-refractivity contribution in [3.63, 3.8) is 0 Å². The Hall–Kier alpha value is -0.420. The lowest BCUT2D eigenvalue weighted by molar-refractivity contribution is -0.143. The minimum Gasteiger partial charge on any atom is -0.446 e. The van der Waals surface area contributed by atoms with E-state index < -0.39 is 22.5 Å². The summed E-state index contributed by atoms with van der Waals surface area (Å²) in [4.78, 5) is 10.7. The van der Waals surface area contributed by atoms with E-state index in [0.29, 0.717) is 6.42 Å². The minimum absolute atomic E-state index is 0.470. The van der Waals surface area contributed by atoms with Crippen molar-refractivity contribution in [2.75, 3.05) is 0 Å². The molecule has 0 aliphatic heterocycles. The van der Waals surface area contributed by atoms with Crippen LogP contribution in [0.4, 0.5) is 0 Å². The molecule has 5 heteroatoms. The van der Waals surface area contributed by atoms with Crippen LogP contribution in [-0.2, 0) is 20.6 Å². The average molecular weight is 278 g/mol. The quantitative estimate of drug-likeness (QED) is 0.356. The first-order valence-corrected chi connectivity index (χ1v) is 8.01. The van der Waals surface area contributed by atoms with E-state index in [1.165, 1.54) is 39.0 Å². The number of unbranched alkanes of at least 4 members (excludes halogenated alkanes) is 7. The molecule has 0 saturated carbocycles. The second kappa shape index (κ2) is 11.7. The molecule has 108 valence electrons. The van der Waals surface area contributed by atoms with Crippen LogP contribution < -0.4 is 0 Å². The second-order valence-corrected chi connectivity index (χ2v) is 5.66. The fraction of sp³-hybridized carbons (Fsp3) is 0.923. The molecule has 0 amide bonds. The molecular formula is C13H26O4S. The Labute approximate surface area is 113 Å². The van der Waals surface area contributed by atoms with E-state index >= 15 is 0 Å². The third-order valence-electron chi connectivity index (χ3n) is 2.82. The van der Waals surface area contributed by atoms with Crippen molar-refractivity contribution in [2.45, 2.75) is 77.1 Å². The maximum Gasteiger partial charge on any atom is 0.303 e. The molecule has 0 heterocycles. The predicted octanol–water partition coefficient (Wildman–Crippen LogP) is 3.63. The molecule has 2 atom stereocenters. The summed E-state index contributed by atoms with van der Waals surface area (Å²) in [7, 11) is 0. The van der Waals surface area contributed by atoms with Gasteiger partial charge in [-0.1, -0.05) is 51.9 Å². The SMILES string of the molecule is CCCCCCCCCCC(OC(C)=O)S(=O)O. The van der Waals surface area contributed by atoms with Crippen LogP contribution in [-0.4, -0.2) is 20.2 Å². The van der Waals surface area contributed by atoms with E-state index in [0.717, 1.165) is 19.3 Å². The first kappa shape index (κ1) is 17.6. The molecule has 0 aliphatic rings. The maximum absolute atomic E-state index is 10.9. The molecule has 0 fully saturated rings. The van der Waals surface area contributed by atoms with E-state index in [-0.39, 0.29) is 0 Å². The van der Waals surface area contributed by atoms with E-state index in [4.69, 9.17) is 9.29 Å². The van der Waals surface area contributed by atoms with Gasteiger partial charge in [-0.15, -0.1) is 0 Å². The molecule has 0 aromatic rings. The summed E-state index contributed by atoms with van der Waals surface area (Å²) in [5.41, 5.74) is -0.859. The van der Waals surface area contributed by atoms with Crippen LogP contribution in [0.1, 0.15) is 71.6 Å². The summed E-state index contributed by atoms with van der Waals surface area (Å²) >= 11 is -2.08. The monoisotopic (exact) mass is 278 g/mol. The zero-order valence-corrected chi connectivity index (χ0v) is 12.3. The number of carbonyl (C=O) groups excluding carboxylic acids is 1. The van der Waals surface area contributed by atoms with Crippen LogP contribution >= 0.6 is 0 Å². The lowest BCUT2D eigenvalue weighted by Crippen LogP contribution is -2.21. The van der Waals surface area contributed by atoms with E-state index in [1.54, 1.807) is 0 Å². The van der Waals surface area contributed by atoms with Crippen LogP contribution in [0.3, 0.4) is 0 Å². The maximum atomic E-state index is 10.9. The number of hydrogen-bond acceptors (Lipinski definition) is 3. The zero-order chi connectivity index (χ0) is 13.8. The van der Waals surface area contributed by atoms with Gasteiger partial charge in [-0.3, -0.25) is 4.79 Å². The molecule has 18 heavy (non-hydrogen) atoms. The van der Waals surface area contributed by atoms with Gasteiger partial charge in [-0.05, 0) is 12.8 Å². The smallest absolute Gasteiger partial charge is 0.303 e. The van der Waals surface area contributed by atoms with Gasteiger partial charge >= 0.3 is 5.97 Å². The summed E-state index contributed by atoms with van der Waals surface area (Å²) in [5.74, 6) is -0.498. The largest absolute Gasteiger partial charge is 0.446 e. The van der Waals surface area contributed by atoms with Crippen molar-refractivity contribution in [2.24, 2.45) is 0 Å². The van der Waals surface area contributed by atoms with Gasteiger partial charge in [0.2, 0.25) is 5.44 Å². The Bertz CT molecular complexity index is 243.